The lowest BCUT2D eigenvalue weighted by molar-refractivity contribution is -0.384. The summed E-state index contributed by atoms with van der Waals surface area (Å²) in [5.74, 6) is -0.661. The van der Waals surface area contributed by atoms with E-state index in [1.165, 1.54) is 28.8 Å². The maximum absolute atomic E-state index is 14.4. The van der Waals surface area contributed by atoms with E-state index in [0.717, 1.165) is 63.5 Å². The van der Waals surface area contributed by atoms with Gasteiger partial charge in [-0.3, -0.25) is 19.8 Å². The van der Waals surface area contributed by atoms with Gasteiger partial charge in [-0.15, -0.1) is 0 Å². The number of allylic oxidation sites excluding steroid dienone is 1. The third-order valence-corrected chi connectivity index (χ3v) is 16.9. The minimum Gasteiger partial charge on any atom is -0.381 e. The molecule has 3 aromatic carbocycles. The summed E-state index contributed by atoms with van der Waals surface area (Å²) >= 11 is 6.27. The smallest absolute Gasteiger partial charge is 0.293 e. The van der Waals surface area contributed by atoms with Crippen molar-refractivity contribution in [2.24, 2.45) is 11.3 Å². The summed E-state index contributed by atoms with van der Waals surface area (Å²) in [5.41, 5.74) is 6.04. The monoisotopic (exact) mass is 969 g/mol. The molecule has 67 heavy (non-hydrogen) atoms. The number of aromatic amines is 1. The maximum atomic E-state index is 14.4. The number of nitrogens with one attached hydrogen (secondary N) is 4. The summed E-state index contributed by atoms with van der Waals surface area (Å²) in [6.45, 7) is 10.4. The van der Waals surface area contributed by atoms with Crippen LogP contribution in [-0.2, 0) is 24.5 Å². The molecule has 2 fully saturated rings. The van der Waals surface area contributed by atoms with Gasteiger partial charge in [-0.1, -0.05) is 43.2 Å². The Morgan fingerprint density at radius 1 is 1.01 bits per heavy atom. The first-order valence-electron chi connectivity index (χ1n) is 22.8. The molecular weight excluding hydrogens is 914 g/mol. The van der Waals surface area contributed by atoms with E-state index in [1.54, 1.807) is 24.4 Å². The Balaban J connectivity index is 1.01. The molecule has 9 rings (SSSR count). The van der Waals surface area contributed by atoms with Gasteiger partial charge in [-0.25, -0.2) is 27.1 Å². The zero-order chi connectivity index (χ0) is 47.1. The highest BCUT2D eigenvalue weighted by molar-refractivity contribution is 7.92. The summed E-state index contributed by atoms with van der Waals surface area (Å²) in [7, 11) is -7.99. The number of nitrogens with zero attached hydrogens (tertiary/aromatic N) is 5. The number of rotatable bonds is 12. The zero-order valence-corrected chi connectivity index (χ0v) is 40.1. The van der Waals surface area contributed by atoms with Gasteiger partial charge < -0.3 is 24.8 Å². The SMILES string of the molecule is CC1(C)CCC(CN2CCN(c3ccc(C(=O)NS(=O)(=O)c4ccc(NCC5CCOCC5)c([N+](=O)[O-])c4)c(N4CCCS(=N)(=O)c5nc6[nH]ccc6cc54)c3)CC2)=C(c2ccc(Cl)cc2)C1. The van der Waals surface area contributed by atoms with Crippen molar-refractivity contribution in [3.8, 4) is 0 Å². The molecule has 2 saturated heterocycles. The highest BCUT2D eigenvalue weighted by atomic mass is 35.5. The average Bonchev–Trinajstić information content (AvgIpc) is 3.73. The Kier molecular flexibility index (Phi) is 13.1. The molecule has 0 saturated carbocycles. The molecule has 1 amide bonds. The largest absolute Gasteiger partial charge is 0.381 e. The summed E-state index contributed by atoms with van der Waals surface area (Å²) < 4.78 is 58.4. The van der Waals surface area contributed by atoms with Crippen LogP contribution in [0.3, 0.4) is 0 Å². The van der Waals surface area contributed by atoms with Crippen LogP contribution in [0.4, 0.5) is 28.4 Å². The third-order valence-electron chi connectivity index (χ3n) is 13.6. The van der Waals surface area contributed by atoms with Crippen LogP contribution in [0.2, 0.25) is 5.02 Å². The van der Waals surface area contributed by atoms with Crippen molar-refractivity contribution < 1.29 is 27.1 Å². The van der Waals surface area contributed by atoms with Crippen molar-refractivity contribution in [2.45, 2.75) is 62.3 Å². The number of pyridine rings is 1. The molecule has 19 heteroatoms. The number of nitro benzene ring substituents is 1. The molecule has 1 atom stereocenters. The van der Waals surface area contributed by atoms with Crippen LogP contribution in [0.25, 0.3) is 16.6 Å². The molecule has 3 aliphatic heterocycles. The second-order valence-corrected chi connectivity index (χ2v) is 23.1. The number of anilines is 4. The normalized spacial score (nSPS) is 20.6. The summed E-state index contributed by atoms with van der Waals surface area (Å²) in [5, 5.41) is 16.8. The summed E-state index contributed by atoms with van der Waals surface area (Å²) in [6, 6.07) is 20.6. The van der Waals surface area contributed by atoms with E-state index in [9.17, 15) is 27.5 Å². The Bertz CT molecular complexity index is 2960. The first-order valence-corrected chi connectivity index (χ1v) is 26.4. The molecule has 1 aliphatic carbocycles. The van der Waals surface area contributed by atoms with Crippen LogP contribution < -0.4 is 19.8 Å². The zero-order valence-electron chi connectivity index (χ0n) is 37.7. The van der Waals surface area contributed by atoms with Crippen LogP contribution in [0.15, 0.2) is 94.5 Å². The van der Waals surface area contributed by atoms with E-state index in [0.29, 0.717) is 66.7 Å². The predicted molar refractivity (Wildman–Crippen MR) is 263 cm³/mol. The quantitative estimate of drug-likeness (QED) is 0.0684. The molecule has 5 heterocycles. The molecule has 5 aromatic rings. The number of aromatic nitrogens is 2. The number of ether oxygens (including phenoxy) is 1. The van der Waals surface area contributed by atoms with E-state index in [1.807, 2.05) is 29.2 Å². The standard InChI is InChI=1S/C48H56ClN9O7S2/c1-48(2)16-12-35(40(29-48)33-4-6-36(49)7-5-33)31-55-19-21-56(22-20-55)37-8-10-39(42(27-37)57-18-3-25-66(50,62)47-44(57)26-34-13-17-51-45(34)53-47)46(59)54-67(63,64)38-9-11-41(43(28-38)58(60)61)52-30-32-14-23-65-24-15-32/h4-11,13,17,26-28,32,50,52H,3,12,14-16,18-25,29-31H2,1-2H3,(H,51,53)(H,54,59). The number of hydrogen-bond acceptors (Lipinski definition) is 13. The van der Waals surface area contributed by atoms with E-state index >= 15 is 0 Å². The molecule has 1 unspecified atom stereocenters. The highest BCUT2D eigenvalue weighted by Crippen LogP contribution is 2.44. The fourth-order valence-corrected chi connectivity index (χ4v) is 12.3. The van der Waals surface area contributed by atoms with Gasteiger partial charge in [0.05, 0.1) is 36.5 Å². The van der Waals surface area contributed by atoms with Gasteiger partial charge in [-0.2, -0.15) is 0 Å². The summed E-state index contributed by atoms with van der Waals surface area (Å²) in [6.07, 6.45) is 6.79. The molecule has 16 nitrogen and oxygen atoms in total. The average molecular weight is 971 g/mol. The van der Waals surface area contributed by atoms with E-state index in [-0.39, 0.29) is 39.9 Å². The van der Waals surface area contributed by atoms with Crippen LogP contribution in [0.1, 0.15) is 68.3 Å². The van der Waals surface area contributed by atoms with Gasteiger partial charge in [0.1, 0.15) is 11.3 Å². The molecule has 0 bridgehead atoms. The molecule has 354 valence electrons. The topological polar surface area (TPSA) is 207 Å². The van der Waals surface area contributed by atoms with E-state index < -0.39 is 41.2 Å². The fraction of sp³-hybridized carbons (Fsp3) is 0.417. The Hall–Kier alpha value is -5.53. The van der Waals surface area contributed by atoms with Gasteiger partial charge in [0.25, 0.3) is 21.6 Å². The van der Waals surface area contributed by atoms with Crippen molar-refractivity contribution in [3.05, 3.63) is 111 Å². The summed E-state index contributed by atoms with van der Waals surface area (Å²) in [4.78, 5) is 39.8. The number of fused-ring (bicyclic) bond motifs is 2. The molecular formula is C48H56ClN9O7S2. The van der Waals surface area contributed by atoms with Gasteiger partial charge in [0, 0.05) is 93.1 Å². The number of halogens is 1. The number of amides is 1. The number of carbonyl (C=O) groups is 1. The number of nitro groups is 1. The van der Waals surface area contributed by atoms with Gasteiger partial charge in [0.2, 0.25) is 0 Å². The molecule has 2 aromatic heterocycles. The Morgan fingerprint density at radius 3 is 2.52 bits per heavy atom. The molecule has 4 N–H and O–H groups in total. The van der Waals surface area contributed by atoms with Crippen LogP contribution in [0.5, 0.6) is 0 Å². The van der Waals surface area contributed by atoms with Crippen molar-refractivity contribution in [3.63, 3.8) is 0 Å². The van der Waals surface area contributed by atoms with Gasteiger partial charge in [-0.05, 0) is 116 Å². The number of sulfonamides is 1. The van der Waals surface area contributed by atoms with Crippen LogP contribution in [-0.4, -0.2) is 103 Å². The minimum absolute atomic E-state index is 0.00981. The maximum Gasteiger partial charge on any atom is 0.293 e. The lowest BCUT2D eigenvalue weighted by Gasteiger charge is -2.39. The lowest BCUT2D eigenvalue weighted by Crippen LogP contribution is -2.47. The number of piperazine rings is 1. The van der Waals surface area contributed by atoms with Crippen molar-refractivity contribution >= 4 is 82.3 Å². The fourth-order valence-electron chi connectivity index (χ4n) is 9.73. The second kappa shape index (κ2) is 18.9. The van der Waals surface area contributed by atoms with Crippen LogP contribution >= 0.6 is 11.6 Å². The van der Waals surface area contributed by atoms with E-state index in [2.05, 4.69) is 55.8 Å². The molecule has 4 aliphatic rings. The molecule has 0 spiro atoms. The van der Waals surface area contributed by atoms with Gasteiger partial charge >= 0.3 is 0 Å². The van der Waals surface area contributed by atoms with Crippen LogP contribution in [0, 0.1) is 26.2 Å². The number of carbonyl (C=O) groups excluding carboxylic acids is 1. The Labute approximate surface area is 396 Å². The first kappa shape index (κ1) is 46.6. The Morgan fingerprint density at radius 2 is 1.78 bits per heavy atom. The minimum atomic E-state index is -4.63. The number of H-pyrrole nitrogens is 1. The van der Waals surface area contributed by atoms with E-state index in [4.69, 9.17) is 21.1 Å². The number of hydrogen-bond donors (Lipinski definition) is 4. The predicted octanol–water partition coefficient (Wildman–Crippen LogP) is 8.82. The molecule has 0 radical (unpaired) electrons. The highest BCUT2D eigenvalue weighted by Gasteiger charge is 2.33. The first-order chi connectivity index (χ1) is 32.0. The van der Waals surface area contributed by atoms with Crippen molar-refractivity contribution in [1.82, 2.24) is 19.6 Å². The number of benzene rings is 3. The lowest BCUT2D eigenvalue weighted by atomic mass is 9.72. The second-order valence-electron chi connectivity index (χ2n) is 18.8. The van der Waals surface area contributed by atoms with Gasteiger partial charge in [0.15, 0.2) is 5.03 Å². The van der Waals surface area contributed by atoms with Crippen molar-refractivity contribution in [2.75, 3.05) is 79.9 Å². The van der Waals surface area contributed by atoms with Crippen molar-refractivity contribution in [1.29, 1.82) is 4.78 Å². The third kappa shape index (κ3) is 10.2.